The molecule has 3 fully saturated rings. The number of rotatable bonds is 11. The van der Waals surface area contributed by atoms with Gasteiger partial charge in [0.2, 0.25) is 20.0 Å². The number of carbonyl (C=O) groups excluding carboxylic acids is 2. The summed E-state index contributed by atoms with van der Waals surface area (Å²) in [4.78, 5) is 66.4. The van der Waals surface area contributed by atoms with Gasteiger partial charge in [0.1, 0.15) is 28.2 Å². The van der Waals surface area contributed by atoms with Crippen LogP contribution in [0, 0.1) is 20.2 Å². The highest BCUT2D eigenvalue weighted by Gasteiger charge is 2.33. The second-order valence-corrected chi connectivity index (χ2v) is 28.6. The number of hydrogen-bond acceptors (Lipinski definition) is 21. The molecule has 0 unspecified atom stereocenters. The van der Waals surface area contributed by atoms with Crippen molar-refractivity contribution in [3.8, 4) is 17.2 Å². The van der Waals surface area contributed by atoms with Gasteiger partial charge in [-0.1, -0.05) is 6.07 Å². The third-order valence-corrected chi connectivity index (χ3v) is 18.5. The summed E-state index contributed by atoms with van der Waals surface area (Å²) in [7, 11) is -6.19. The summed E-state index contributed by atoms with van der Waals surface area (Å²) < 4.78 is 88.7. The third-order valence-electron chi connectivity index (χ3n) is 13.3. The lowest BCUT2D eigenvalue weighted by molar-refractivity contribution is -0.385. The standard InChI is InChI=1S/C27H26N8O2S.C15H21N3O6S.C9H18N2O2.C6H4ClNO4S/c28-25-18-20(10-13-30-25)19-33-14-16-34(17-15-33)38(36,37)22-8-6-21(7-9-22)35-26-24(5-3-12-31-26)32-27(35)23-4-1-2-11-29-23;1-15(2,3)24-14(19)16-8-10-17(11-9-16)25(22,23)13-6-4-12(5-7-13)18(20)21;1-9(2,3)13-8(12)11-6-4-10-5-7-11;7-13(11,12)6-3-1-5(2-4-6)8(9)10/h1-13,18H,14-17,19H2,(H2,28,30);4-7H,8-11H2,1-3H3;10H,4-7H2,1-3H3;1-4H. The van der Waals surface area contributed by atoms with E-state index in [2.05, 4.69) is 25.2 Å². The number of sulfonamides is 2. The van der Waals surface area contributed by atoms with Crippen molar-refractivity contribution < 1.29 is 54.2 Å². The van der Waals surface area contributed by atoms with Gasteiger partial charge >= 0.3 is 12.2 Å². The van der Waals surface area contributed by atoms with Crippen LogP contribution in [-0.4, -0.2) is 185 Å². The van der Waals surface area contributed by atoms with Crippen LogP contribution in [0.2, 0.25) is 0 Å². The van der Waals surface area contributed by atoms with Crippen LogP contribution in [0.4, 0.5) is 26.8 Å². The fourth-order valence-electron chi connectivity index (χ4n) is 8.95. The van der Waals surface area contributed by atoms with Gasteiger partial charge in [-0.05, 0) is 132 Å². The van der Waals surface area contributed by atoms with Crippen molar-refractivity contribution in [1.82, 2.24) is 53.1 Å². The molecular formula is C57H69ClN14O14S3. The van der Waals surface area contributed by atoms with Gasteiger partial charge in [0.15, 0.2) is 11.5 Å². The molecule has 0 radical (unpaired) electrons. The Balaban J connectivity index is 0.000000189. The molecule has 7 aromatic rings. The molecule has 32 heteroatoms. The number of nitrogens with one attached hydrogen (secondary N) is 1. The zero-order chi connectivity index (χ0) is 64.9. The lowest BCUT2D eigenvalue weighted by Gasteiger charge is -2.34. The van der Waals surface area contributed by atoms with Gasteiger partial charge in [0.25, 0.3) is 20.4 Å². The number of carbonyl (C=O) groups is 2. The van der Waals surface area contributed by atoms with Gasteiger partial charge in [-0.25, -0.2) is 49.8 Å². The molecule has 28 nitrogen and oxygen atoms in total. The van der Waals surface area contributed by atoms with Gasteiger partial charge in [-0.2, -0.15) is 8.61 Å². The molecule has 10 rings (SSSR count). The van der Waals surface area contributed by atoms with Crippen molar-refractivity contribution >= 4 is 80.3 Å². The molecule has 3 aliphatic rings. The number of aromatic nitrogens is 5. The fraction of sp³-hybridized carbons (Fsp3) is 0.368. The van der Waals surface area contributed by atoms with Crippen LogP contribution in [0.3, 0.4) is 0 Å². The van der Waals surface area contributed by atoms with Crippen molar-refractivity contribution in [2.45, 2.75) is 74.0 Å². The smallest absolute Gasteiger partial charge is 0.410 e. The highest BCUT2D eigenvalue weighted by atomic mass is 35.7. The minimum Gasteiger partial charge on any atom is -0.444 e. The van der Waals surface area contributed by atoms with E-state index in [9.17, 15) is 55.1 Å². The van der Waals surface area contributed by atoms with Gasteiger partial charge in [0.05, 0.1) is 24.5 Å². The highest BCUT2D eigenvalue weighted by molar-refractivity contribution is 8.13. The van der Waals surface area contributed by atoms with Crippen LogP contribution < -0.4 is 11.1 Å². The number of non-ortho nitro benzene ring substituents is 2. The summed E-state index contributed by atoms with van der Waals surface area (Å²) in [5.74, 6) is 1.13. The normalized spacial score (nSPS) is 15.4. The van der Waals surface area contributed by atoms with E-state index in [0.29, 0.717) is 55.7 Å². The molecule has 0 aliphatic carbocycles. The number of nitrogens with two attached hydrogens (primary N) is 1. The summed E-state index contributed by atoms with van der Waals surface area (Å²) >= 11 is 0. The molecule has 3 N–H and O–H groups in total. The molecule has 89 heavy (non-hydrogen) atoms. The maximum absolute atomic E-state index is 13.4. The van der Waals surface area contributed by atoms with E-state index in [1.54, 1.807) is 72.8 Å². The maximum atomic E-state index is 13.4. The minimum atomic E-state index is -3.80. The fourth-order valence-corrected chi connectivity index (χ4v) is 12.6. The maximum Gasteiger partial charge on any atom is 0.410 e. The third kappa shape index (κ3) is 19.1. The van der Waals surface area contributed by atoms with Crippen molar-refractivity contribution in [2.24, 2.45) is 0 Å². The van der Waals surface area contributed by atoms with Crippen molar-refractivity contribution in [3.05, 3.63) is 160 Å². The number of nitrogens with zero attached hydrogens (tertiary/aromatic N) is 12. The highest BCUT2D eigenvalue weighted by Crippen LogP contribution is 2.29. The monoisotopic (exact) mass is 1300 g/mol. The van der Waals surface area contributed by atoms with E-state index < -0.39 is 50.6 Å². The number of hydrogen-bond donors (Lipinski definition) is 2. The number of fused-ring (bicyclic) bond motifs is 1. The molecule has 3 saturated heterocycles. The van der Waals surface area contributed by atoms with E-state index in [0.717, 1.165) is 79.3 Å². The molecule has 0 spiro atoms. The first kappa shape index (κ1) is 68.2. The number of benzene rings is 3. The van der Waals surface area contributed by atoms with Gasteiger partial charge in [-0.3, -0.25) is 34.7 Å². The molecule has 4 aromatic heterocycles. The van der Waals surface area contributed by atoms with Crippen molar-refractivity contribution in [3.63, 3.8) is 0 Å². The average molecular weight is 1310 g/mol. The summed E-state index contributed by atoms with van der Waals surface area (Å²) in [5.41, 5.74) is 8.37. The topological polar surface area (TPSA) is 352 Å². The Bertz CT molecular complexity index is 3930. The van der Waals surface area contributed by atoms with E-state index in [1.165, 1.54) is 21.3 Å². The Morgan fingerprint density at radius 3 is 1.55 bits per heavy atom. The van der Waals surface area contributed by atoms with Crippen molar-refractivity contribution in [2.75, 3.05) is 84.3 Å². The first-order valence-corrected chi connectivity index (χ1v) is 33.0. The second kappa shape index (κ2) is 29.3. The van der Waals surface area contributed by atoms with E-state index in [1.807, 2.05) is 67.8 Å². The van der Waals surface area contributed by atoms with Crippen LogP contribution in [-0.2, 0) is 45.1 Å². The molecule has 7 heterocycles. The largest absolute Gasteiger partial charge is 0.444 e. The Kier molecular flexibility index (Phi) is 22.5. The number of ether oxygens (including phenoxy) is 2. The molecule has 0 saturated carbocycles. The van der Waals surface area contributed by atoms with Gasteiger partial charge < -0.3 is 30.3 Å². The number of anilines is 1. The number of nitro groups is 2. The number of nitrogen functional groups attached to an aromatic ring is 1. The molecule has 2 amide bonds. The minimum absolute atomic E-state index is 0.0104. The predicted octanol–water partition coefficient (Wildman–Crippen LogP) is 7.15. The molecule has 0 atom stereocenters. The second-order valence-electron chi connectivity index (χ2n) is 22.1. The van der Waals surface area contributed by atoms with E-state index >= 15 is 0 Å². The van der Waals surface area contributed by atoms with E-state index in [4.69, 9.17) is 30.9 Å². The number of piperazine rings is 3. The molecule has 0 bridgehead atoms. The first-order valence-electron chi connectivity index (χ1n) is 27.8. The number of pyridine rings is 3. The van der Waals surface area contributed by atoms with Crippen LogP contribution in [0.5, 0.6) is 0 Å². The van der Waals surface area contributed by atoms with Crippen LogP contribution in [0.25, 0.3) is 28.4 Å². The summed E-state index contributed by atoms with van der Waals surface area (Å²) in [6, 6.07) is 29.1. The molecule has 476 valence electrons. The quantitative estimate of drug-likeness (QED) is 0.0737. The molecule has 3 aromatic carbocycles. The molecular weight excluding hydrogens is 1240 g/mol. The number of nitro benzene ring substituents is 2. The zero-order valence-corrected chi connectivity index (χ0v) is 52.9. The summed E-state index contributed by atoms with van der Waals surface area (Å²) in [5, 5.41) is 24.0. The average Bonchev–Trinajstić information content (AvgIpc) is 2.44. The van der Waals surface area contributed by atoms with Crippen LogP contribution >= 0.6 is 10.7 Å². The SMILES string of the molecule is CC(C)(C)OC(=O)N1CCN(S(=O)(=O)c2ccc([N+](=O)[O-])cc2)CC1.CC(C)(C)OC(=O)N1CCNCC1.Nc1cc(CN2CCN(S(=O)(=O)c3ccc(-n4c(-c5ccccn5)nc5cccnc54)cc3)CC2)ccn1.O=[N+]([O-])c1ccc(S(=O)(=O)Cl)cc1. The van der Waals surface area contributed by atoms with E-state index in [-0.39, 0.29) is 63.9 Å². The van der Waals surface area contributed by atoms with Crippen LogP contribution in [0.1, 0.15) is 47.1 Å². The lowest BCUT2D eigenvalue weighted by atomic mass is 10.2. The van der Waals surface area contributed by atoms with Crippen LogP contribution in [0.15, 0.2) is 149 Å². The van der Waals surface area contributed by atoms with Crippen molar-refractivity contribution in [1.29, 1.82) is 0 Å². The molecule has 3 aliphatic heterocycles. The predicted molar refractivity (Wildman–Crippen MR) is 331 cm³/mol. The Labute approximate surface area is 520 Å². The number of amides is 2. The Morgan fingerprint density at radius 1 is 0.596 bits per heavy atom. The number of imidazole rings is 1. The summed E-state index contributed by atoms with van der Waals surface area (Å²) in [6.07, 6.45) is 4.45. The van der Waals surface area contributed by atoms with Gasteiger partial charge in [-0.15, -0.1) is 0 Å². The number of halogens is 1. The lowest BCUT2D eigenvalue weighted by Crippen LogP contribution is -2.51. The summed E-state index contributed by atoms with van der Waals surface area (Å²) in [6.45, 7) is 17.7. The van der Waals surface area contributed by atoms with Gasteiger partial charge in [0, 0.05) is 144 Å². The first-order chi connectivity index (χ1) is 41.9. The Morgan fingerprint density at radius 2 is 1.08 bits per heavy atom. The zero-order valence-electron chi connectivity index (χ0n) is 49.7. The Hall–Kier alpha value is -8.30.